The van der Waals surface area contributed by atoms with Crippen molar-refractivity contribution in [1.82, 2.24) is 4.57 Å². The van der Waals surface area contributed by atoms with E-state index in [9.17, 15) is 10.1 Å². The molecule has 0 spiro atoms. The lowest BCUT2D eigenvalue weighted by atomic mass is 10.1. The fourth-order valence-corrected chi connectivity index (χ4v) is 2.42. The van der Waals surface area contributed by atoms with Crippen molar-refractivity contribution in [1.29, 1.82) is 10.5 Å². The Kier molecular flexibility index (Phi) is 4.87. The van der Waals surface area contributed by atoms with Gasteiger partial charge in [-0.25, -0.2) is 0 Å². The highest BCUT2D eigenvalue weighted by molar-refractivity contribution is 6.10. The SMILES string of the molecule is Cc1ccc(NC(=O)/C(C#N)=C/c2cc(C#N)n(C)c2C)c(C)c1. The molecule has 2 aromatic rings. The second-order valence-corrected chi connectivity index (χ2v) is 5.68. The molecule has 0 atom stereocenters. The summed E-state index contributed by atoms with van der Waals surface area (Å²) in [4.78, 5) is 12.4. The van der Waals surface area contributed by atoms with Crippen LogP contribution in [0.5, 0.6) is 0 Å². The fourth-order valence-electron chi connectivity index (χ4n) is 2.42. The summed E-state index contributed by atoms with van der Waals surface area (Å²) in [7, 11) is 1.77. The van der Waals surface area contributed by atoms with Gasteiger partial charge in [0.2, 0.25) is 0 Å². The van der Waals surface area contributed by atoms with E-state index >= 15 is 0 Å². The number of aryl methyl sites for hydroxylation is 2. The number of nitrogens with one attached hydrogen (secondary N) is 1. The summed E-state index contributed by atoms with van der Waals surface area (Å²) < 4.78 is 1.73. The van der Waals surface area contributed by atoms with Gasteiger partial charge >= 0.3 is 0 Å². The molecule has 0 radical (unpaired) electrons. The number of rotatable bonds is 3. The average Bonchev–Trinajstić information content (AvgIpc) is 2.82. The number of hydrogen-bond acceptors (Lipinski definition) is 3. The number of aromatic nitrogens is 1. The van der Waals surface area contributed by atoms with E-state index in [4.69, 9.17) is 5.26 Å². The van der Waals surface area contributed by atoms with Crippen LogP contribution in [0, 0.1) is 43.4 Å². The molecule has 0 bridgehead atoms. The number of anilines is 1. The number of nitrogens with zero attached hydrogens (tertiary/aromatic N) is 3. The molecule has 0 aliphatic carbocycles. The van der Waals surface area contributed by atoms with E-state index in [-0.39, 0.29) is 5.57 Å². The first-order valence-corrected chi connectivity index (χ1v) is 7.44. The molecule has 5 heteroatoms. The molecule has 0 aliphatic heterocycles. The summed E-state index contributed by atoms with van der Waals surface area (Å²) in [5.41, 5.74) is 4.68. The largest absolute Gasteiger partial charge is 0.339 e. The maximum absolute atomic E-state index is 12.4. The summed E-state index contributed by atoms with van der Waals surface area (Å²) in [5, 5.41) is 21.2. The van der Waals surface area contributed by atoms with Gasteiger partial charge in [-0.2, -0.15) is 10.5 Å². The average molecular weight is 318 g/mol. The number of carbonyl (C=O) groups excluding carboxylic acids is 1. The van der Waals surface area contributed by atoms with Crippen molar-refractivity contribution in [2.24, 2.45) is 7.05 Å². The molecule has 1 heterocycles. The Morgan fingerprint density at radius 1 is 1.21 bits per heavy atom. The maximum Gasteiger partial charge on any atom is 0.266 e. The minimum atomic E-state index is -0.466. The fraction of sp³-hybridized carbons (Fsp3) is 0.211. The third-order valence-corrected chi connectivity index (χ3v) is 3.98. The molecule has 24 heavy (non-hydrogen) atoms. The first kappa shape index (κ1) is 17.1. The van der Waals surface area contributed by atoms with Gasteiger partial charge in [0.15, 0.2) is 0 Å². The Hall–Kier alpha value is -3.31. The van der Waals surface area contributed by atoms with Gasteiger partial charge in [-0.05, 0) is 50.1 Å². The number of hydrogen-bond donors (Lipinski definition) is 1. The van der Waals surface area contributed by atoms with Gasteiger partial charge in [0, 0.05) is 18.4 Å². The van der Waals surface area contributed by atoms with Crippen molar-refractivity contribution < 1.29 is 4.79 Å². The molecule has 1 aromatic heterocycles. The zero-order valence-electron chi connectivity index (χ0n) is 14.1. The third kappa shape index (κ3) is 3.37. The van der Waals surface area contributed by atoms with Crippen LogP contribution in [0.25, 0.3) is 6.08 Å². The molecule has 0 saturated carbocycles. The maximum atomic E-state index is 12.4. The molecular formula is C19H18N4O. The highest BCUT2D eigenvalue weighted by atomic mass is 16.1. The van der Waals surface area contributed by atoms with E-state index in [0.29, 0.717) is 16.9 Å². The zero-order chi connectivity index (χ0) is 17.9. The summed E-state index contributed by atoms with van der Waals surface area (Å²) in [6.07, 6.45) is 1.51. The Morgan fingerprint density at radius 2 is 1.92 bits per heavy atom. The first-order valence-electron chi connectivity index (χ1n) is 7.44. The number of amides is 1. The highest BCUT2D eigenvalue weighted by Crippen LogP contribution is 2.19. The van der Waals surface area contributed by atoms with Crippen molar-refractivity contribution >= 4 is 17.7 Å². The molecule has 0 saturated heterocycles. The summed E-state index contributed by atoms with van der Waals surface area (Å²) in [6.45, 7) is 5.72. The number of nitriles is 2. The van der Waals surface area contributed by atoms with Gasteiger partial charge in [0.25, 0.3) is 5.91 Å². The molecule has 0 aliphatic rings. The van der Waals surface area contributed by atoms with Gasteiger partial charge in [-0.15, -0.1) is 0 Å². The summed E-state index contributed by atoms with van der Waals surface area (Å²) in [5.74, 6) is -0.466. The predicted octanol–water partition coefficient (Wildman–Crippen LogP) is 3.37. The second kappa shape index (κ2) is 6.85. The van der Waals surface area contributed by atoms with E-state index < -0.39 is 5.91 Å². The van der Waals surface area contributed by atoms with Crippen LogP contribution in [0.3, 0.4) is 0 Å². The molecule has 120 valence electrons. The van der Waals surface area contributed by atoms with Crippen LogP contribution in [-0.4, -0.2) is 10.5 Å². The molecular weight excluding hydrogens is 300 g/mol. The van der Waals surface area contributed by atoms with E-state index in [0.717, 1.165) is 16.8 Å². The first-order chi connectivity index (χ1) is 11.4. The Bertz CT molecular complexity index is 920. The van der Waals surface area contributed by atoms with Crippen LogP contribution < -0.4 is 5.32 Å². The lowest BCUT2D eigenvalue weighted by Crippen LogP contribution is -2.14. The molecule has 1 amide bonds. The van der Waals surface area contributed by atoms with Crippen molar-refractivity contribution in [3.63, 3.8) is 0 Å². The van der Waals surface area contributed by atoms with Crippen molar-refractivity contribution in [3.8, 4) is 12.1 Å². The van der Waals surface area contributed by atoms with Crippen LogP contribution in [0.1, 0.15) is 28.1 Å². The number of carbonyl (C=O) groups is 1. The zero-order valence-corrected chi connectivity index (χ0v) is 14.1. The third-order valence-electron chi connectivity index (χ3n) is 3.98. The van der Waals surface area contributed by atoms with E-state index in [1.807, 2.05) is 45.0 Å². The van der Waals surface area contributed by atoms with E-state index in [1.54, 1.807) is 17.7 Å². The van der Waals surface area contributed by atoms with E-state index in [1.165, 1.54) is 6.08 Å². The van der Waals surface area contributed by atoms with Gasteiger partial charge in [0.1, 0.15) is 23.4 Å². The molecule has 0 fully saturated rings. The summed E-state index contributed by atoms with van der Waals surface area (Å²) in [6, 6.07) is 11.4. The Labute approximate surface area is 141 Å². The van der Waals surface area contributed by atoms with E-state index in [2.05, 4.69) is 11.4 Å². The lowest BCUT2D eigenvalue weighted by molar-refractivity contribution is -0.112. The number of benzene rings is 1. The van der Waals surface area contributed by atoms with Gasteiger partial charge in [0.05, 0.1) is 0 Å². The predicted molar refractivity (Wildman–Crippen MR) is 93.0 cm³/mol. The topological polar surface area (TPSA) is 81.6 Å². The van der Waals surface area contributed by atoms with Gasteiger partial charge < -0.3 is 9.88 Å². The van der Waals surface area contributed by atoms with Crippen LogP contribution in [-0.2, 0) is 11.8 Å². The van der Waals surface area contributed by atoms with Crippen LogP contribution in [0.4, 0.5) is 5.69 Å². The standard InChI is InChI=1S/C19H18N4O/c1-12-5-6-18(13(2)7-12)22-19(24)16(10-20)8-15-9-17(11-21)23(4)14(15)3/h5-9H,1-4H3,(H,22,24)/b16-8+. The molecule has 5 nitrogen and oxygen atoms in total. The van der Waals surface area contributed by atoms with Crippen LogP contribution in [0.2, 0.25) is 0 Å². The molecule has 1 N–H and O–H groups in total. The molecule has 2 rings (SSSR count). The van der Waals surface area contributed by atoms with Crippen molar-refractivity contribution in [3.05, 3.63) is 57.9 Å². The smallest absolute Gasteiger partial charge is 0.266 e. The van der Waals surface area contributed by atoms with Gasteiger partial charge in [-0.1, -0.05) is 17.7 Å². The second-order valence-electron chi connectivity index (χ2n) is 5.68. The lowest BCUT2D eigenvalue weighted by Gasteiger charge is -2.08. The van der Waals surface area contributed by atoms with Crippen molar-refractivity contribution in [2.45, 2.75) is 20.8 Å². The normalized spacial score (nSPS) is 10.8. The highest BCUT2D eigenvalue weighted by Gasteiger charge is 2.13. The summed E-state index contributed by atoms with van der Waals surface area (Å²) >= 11 is 0. The Morgan fingerprint density at radius 3 is 2.46 bits per heavy atom. The quantitative estimate of drug-likeness (QED) is 0.696. The minimum absolute atomic E-state index is 0.00633. The van der Waals surface area contributed by atoms with Crippen molar-refractivity contribution in [2.75, 3.05) is 5.32 Å². The van der Waals surface area contributed by atoms with Crippen LogP contribution >= 0.6 is 0 Å². The molecule has 0 unspecified atom stereocenters. The van der Waals surface area contributed by atoms with Gasteiger partial charge in [-0.3, -0.25) is 4.79 Å². The monoisotopic (exact) mass is 318 g/mol. The van der Waals surface area contributed by atoms with Crippen LogP contribution in [0.15, 0.2) is 29.8 Å². The Balaban J connectivity index is 2.33. The minimum Gasteiger partial charge on any atom is -0.339 e. The molecule has 1 aromatic carbocycles.